The first-order valence-corrected chi connectivity index (χ1v) is 9.84. The number of nitrogens with one attached hydrogen (secondary N) is 1. The molecule has 0 aliphatic rings. The molecule has 0 aliphatic heterocycles. The van der Waals surface area contributed by atoms with Gasteiger partial charge < -0.3 is 14.5 Å². The minimum absolute atomic E-state index is 0.0298. The Balaban J connectivity index is 2.03. The second-order valence-electron chi connectivity index (χ2n) is 7.83. The monoisotopic (exact) mass is 435 g/mol. The van der Waals surface area contributed by atoms with E-state index in [0.29, 0.717) is 22.6 Å². The molecule has 0 fully saturated rings. The molecule has 2 heterocycles. The smallest absolute Gasteiger partial charge is 0.433 e. The maximum atomic E-state index is 13.1. The van der Waals surface area contributed by atoms with Gasteiger partial charge in [0, 0.05) is 17.0 Å². The Morgan fingerprint density at radius 1 is 1.16 bits per heavy atom. The van der Waals surface area contributed by atoms with Crippen LogP contribution in [0.2, 0.25) is 0 Å². The van der Waals surface area contributed by atoms with Crippen LogP contribution in [-0.2, 0) is 6.18 Å². The predicted molar refractivity (Wildman–Crippen MR) is 110 cm³/mol. The Bertz CT molecular complexity index is 1110. The topological polar surface area (TPSA) is 77.2 Å². The molecule has 31 heavy (non-hydrogen) atoms. The van der Waals surface area contributed by atoms with Crippen LogP contribution < -0.4 is 10.1 Å². The Morgan fingerprint density at radius 2 is 1.87 bits per heavy atom. The van der Waals surface area contributed by atoms with E-state index in [9.17, 15) is 18.0 Å². The number of ether oxygens (including phenoxy) is 1. The van der Waals surface area contributed by atoms with E-state index in [1.807, 2.05) is 6.92 Å². The van der Waals surface area contributed by atoms with Gasteiger partial charge in [0.2, 0.25) is 5.89 Å². The molecule has 0 radical (unpaired) electrons. The molecule has 1 aromatic carbocycles. The van der Waals surface area contributed by atoms with Gasteiger partial charge in [-0.25, -0.2) is 9.97 Å². The number of nitrogens with zero attached hydrogens (tertiary/aromatic N) is 2. The lowest BCUT2D eigenvalue weighted by molar-refractivity contribution is -0.140. The molecule has 1 N–H and O–H groups in total. The van der Waals surface area contributed by atoms with E-state index in [1.54, 1.807) is 13.0 Å². The summed E-state index contributed by atoms with van der Waals surface area (Å²) >= 11 is 0. The predicted octanol–water partition coefficient (Wildman–Crippen LogP) is 5.39. The molecule has 6 nitrogen and oxygen atoms in total. The van der Waals surface area contributed by atoms with E-state index in [0.717, 1.165) is 12.5 Å². The van der Waals surface area contributed by atoms with Crippen LogP contribution in [0.4, 0.5) is 13.2 Å². The molecule has 0 aliphatic carbocycles. The average molecular weight is 435 g/mol. The van der Waals surface area contributed by atoms with Crippen LogP contribution in [0.15, 0.2) is 28.7 Å². The van der Waals surface area contributed by atoms with Gasteiger partial charge in [-0.3, -0.25) is 4.79 Å². The quantitative estimate of drug-likeness (QED) is 0.562. The fourth-order valence-corrected chi connectivity index (χ4v) is 3.48. The highest BCUT2D eigenvalue weighted by atomic mass is 19.4. The van der Waals surface area contributed by atoms with Crippen molar-refractivity contribution >= 4 is 16.8 Å². The maximum absolute atomic E-state index is 13.1. The standard InChI is InChI=1S/C22H24F3N3O3/c1-11(2)10-12(3)26-20(29)18-13(4)31-21(28-18)15-6-8-16(30-5)19-14(15)7-9-17(27-19)22(23,24)25/h6-9,11-12H,10H2,1-5H3,(H,26,29)/t12-/m1/s1. The number of pyridine rings is 1. The van der Waals surface area contributed by atoms with Gasteiger partial charge in [-0.15, -0.1) is 0 Å². The molecule has 0 saturated carbocycles. The summed E-state index contributed by atoms with van der Waals surface area (Å²) in [6, 6.07) is 5.26. The fourth-order valence-electron chi connectivity index (χ4n) is 3.48. The van der Waals surface area contributed by atoms with Crippen LogP contribution in [0.5, 0.6) is 5.75 Å². The number of oxazole rings is 1. The molecular weight excluding hydrogens is 411 g/mol. The van der Waals surface area contributed by atoms with Gasteiger partial charge in [0.05, 0.1) is 7.11 Å². The van der Waals surface area contributed by atoms with Crippen molar-refractivity contribution in [3.8, 4) is 17.2 Å². The number of hydrogen-bond donors (Lipinski definition) is 1. The van der Waals surface area contributed by atoms with Crippen molar-refractivity contribution in [2.45, 2.75) is 46.3 Å². The molecule has 166 valence electrons. The van der Waals surface area contributed by atoms with E-state index in [1.165, 1.54) is 19.2 Å². The first-order chi connectivity index (χ1) is 14.5. The number of amides is 1. The summed E-state index contributed by atoms with van der Waals surface area (Å²) in [7, 11) is 1.35. The van der Waals surface area contributed by atoms with Gasteiger partial charge >= 0.3 is 6.18 Å². The Labute approximate surface area is 177 Å². The van der Waals surface area contributed by atoms with Crippen LogP contribution in [0.3, 0.4) is 0 Å². The van der Waals surface area contributed by atoms with Crippen molar-refractivity contribution in [1.82, 2.24) is 15.3 Å². The lowest BCUT2D eigenvalue weighted by atomic mass is 10.1. The number of aryl methyl sites for hydroxylation is 1. The zero-order chi connectivity index (χ0) is 22.9. The maximum Gasteiger partial charge on any atom is 0.433 e. The number of benzene rings is 1. The Hall–Kier alpha value is -3.10. The largest absolute Gasteiger partial charge is 0.494 e. The minimum atomic E-state index is -4.59. The zero-order valence-corrected chi connectivity index (χ0v) is 17.9. The van der Waals surface area contributed by atoms with Crippen LogP contribution >= 0.6 is 0 Å². The van der Waals surface area contributed by atoms with Gasteiger partial charge in [-0.2, -0.15) is 13.2 Å². The number of carbonyl (C=O) groups excluding carboxylic acids is 1. The number of fused-ring (bicyclic) bond motifs is 1. The van der Waals surface area contributed by atoms with Crippen molar-refractivity contribution in [1.29, 1.82) is 0 Å². The van der Waals surface area contributed by atoms with Gasteiger partial charge in [0.1, 0.15) is 22.7 Å². The molecule has 3 rings (SSSR count). The summed E-state index contributed by atoms with van der Waals surface area (Å²) in [4.78, 5) is 20.7. The lowest BCUT2D eigenvalue weighted by Crippen LogP contribution is -2.34. The third-order valence-electron chi connectivity index (χ3n) is 4.78. The number of halogens is 3. The highest BCUT2D eigenvalue weighted by molar-refractivity contribution is 5.98. The summed E-state index contributed by atoms with van der Waals surface area (Å²) in [5.41, 5.74) is -0.454. The van der Waals surface area contributed by atoms with Gasteiger partial charge in [0.15, 0.2) is 5.69 Å². The molecule has 0 spiro atoms. The molecule has 0 unspecified atom stereocenters. The summed E-state index contributed by atoms with van der Waals surface area (Å²) in [5, 5.41) is 3.26. The highest BCUT2D eigenvalue weighted by Gasteiger charge is 2.33. The Kier molecular flexibility index (Phi) is 6.24. The van der Waals surface area contributed by atoms with E-state index >= 15 is 0 Å². The molecule has 9 heteroatoms. The molecule has 0 bridgehead atoms. The van der Waals surface area contributed by atoms with Crippen LogP contribution in [0.25, 0.3) is 22.4 Å². The molecule has 0 saturated heterocycles. The normalized spacial score (nSPS) is 12.9. The van der Waals surface area contributed by atoms with E-state index in [-0.39, 0.29) is 34.8 Å². The molecule has 1 atom stereocenters. The zero-order valence-electron chi connectivity index (χ0n) is 17.9. The summed E-state index contributed by atoms with van der Waals surface area (Å²) in [5.74, 6) is 0.676. The highest BCUT2D eigenvalue weighted by Crippen LogP contribution is 2.36. The number of hydrogen-bond acceptors (Lipinski definition) is 5. The fraction of sp³-hybridized carbons (Fsp3) is 0.409. The van der Waals surface area contributed by atoms with Crippen molar-refractivity contribution in [2.75, 3.05) is 7.11 Å². The Morgan fingerprint density at radius 3 is 2.48 bits per heavy atom. The summed E-state index contributed by atoms with van der Waals surface area (Å²) < 4.78 is 50.3. The lowest BCUT2D eigenvalue weighted by Gasteiger charge is -2.15. The average Bonchev–Trinajstić information content (AvgIpc) is 3.06. The number of alkyl halides is 3. The van der Waals surface area contributed by atoms with Crippen molar-refractivity contribution in [3.63, 3.8) is 0 Å². The molecular formula is C22H24F3N3O3. The SMILES string of the molecule is COc1ccc(-c2nc(C(=O)N[C@H](C)CC(C)C)c(C)o2)c2ccc(C(F)(F)F)nc12. The summed E-state index contributed by atoms with van der Waals surface area (Å²) in [6.45, 7) is 7.66. The second-order valence-corrected chi connectivity index (χ2v) is 7.83. The van der Waals surface area contributed by atoms with Gasteiger partial charge in [-0.05, 0) is 50.5 Å². The first-order valence-electron chi connectivity index (χ1n) is 9.84. The van der Waals surface area contributed by atoms with Crippen LogP contribution in [0, 0.1) is 12.8 Å². The molecule has 2 aromatic heterocycles. The van der Waals surface area contributed by atoms with E-state index < -0.39 is 11.9 Å². The van der Waals surface area contributed by atoms with Gasteiger partial charge in [0.25, 0.3) is 5.91 Å². The molecule has 3 aromatic rings. The van der Waals surface area contributed by atoms with Crippen LogP contribution in [0.1, 0.15) is 49.1 Å². The van der Waals surface area contributed by atoms with E-state index in [2.05, 4.69) is 29.1 Å². The summed E-state index contributed by atoms with van der Waals surface area (Å²) in [6.07, 6.45) is -3.78. The second kappa shape index (κ2) is 8.56. The first kappa shape index (κ1) is 22.6. The van der Waals surface area contributed by atoms with E-state index in [4.69, 9.17) is 9.15 Å². The number of carbonyl (C=O) groups is 1. The minimum Gasteiger partial charge on any atom is -0.494 e. The van der Waals surface area contributed by atoms with Crippen molar-refractivity contribution in [2.24, 2.45) is 5.92 Å². The van der Waals surface area contributed by atoms with Gasteiger partial charge in [-0.1, -0.05) is 13.8 Å². The number of methoxy groups -OCH3 is 1. The molecule has 1 amide bonds. The third-order valence-corrected chi connectivity index (χ3v) is 4.78. The van der Waals surface area contributed by atoms with Crippen molar-refractivity contribution in [3.05, 3.63) is 41.4 Å². The number of rotatable bonds is 6. The van der Waals surface area contributed by atoms with Crippen molar-refractivity contribution < 1.29 is 27.1 Å². The van der Waals surface area contributed by atoms with Crippen LogP contribution in [-0.4, -0.2) is 29.0 Å². The third kappa shape index (κ3) is 4.81. The number of aromatic nitrogens is 2.